The van der Waals surface area contributed by atoms with Crippen LogP contribution < -0.4 is 5.32 Å². The van der Waals surface area contributed by atoms with Gasteiger partial charge in [0.1, 0.15) is 11.6 Å². The summed E-state index contributed by atoms with van der Waals surface area (Å²) in [4.78, 5) is 12.1. The molecule has 0 aliphatic rings. The van der Waals surface area contributed by atoms with Crippen molar-refractivity contribution in [3.63, 3.8) is 0 Å². The molecule has 110 valence electrons. The van der Waals surface area contributed by atoms with Crippen LogP contribution >= 0.6 is 11.6 Å². The second-order valence-corrected chi connectivity index (χ2v) is 5.07. The highest BCUT2D eigenvalue weighted by Crippen LogP contribution is 2.23. The summed E-state index contributed by atoms with van der Waals surface area (Å²) in [5, 5.41) is 3.30. The summed E-state index contributed by atoms with van der Waals surface area (Å²) in [6, 6.07) is 15.9. The monoisotopic (exact) mass is 315 g/mol. The third-order valence-electron chi connectivity index (χ3n) is 3.06. The molecule has 0 bridgehead atoms. The van der Waals surface area contributed by atoms with Crippen LogP contribution in [0.2, 0.25) is 5.02 Å². The lowest BCUT2D eigenvalue weighted by molar-refractivity contribution is 0.0997. The molecule has 2 aromatic carbocycles. The molecule has 0 saturated heterocycles. The molecule has 1 amide bonds. The van der Waals surface area contributed by atoms with Gasteiger partial charge in [0.25, 0.3) is 5.91 Å². The fourth-order valence-corrected chi connectivity index (χ4v) is 2.08. The van der Waals surface area contributed by atoms with Gasteiger partial charge in [-0.25, -0.2) is 4.39 Å². The standard InChI is InChI=1S/C17H11ClFNO2/c18-12-3-7-14(8-4-12)20-17(21)16-10-9-15(22-16)11-1-5-13(19)6-2-11/h1-10H,(H,20,21). The maximum absolute atomic E-state index is 12.9. The largest absolute Gasteiger partial charge is 0.451 e. The summed E-state index contributed by atoms with van der Waals surface area (Å²) in [6.45, 7) is 0. The van der Waals surface area contributed by atoms with Crippen LogP contribution in [-0.4, -0.2) is 5.91 Å². The van der Waals surface area contributed by atoms with Gasteiger partial charge in [-0.15, -0.1) is 0 Å². The zero-order valence-corrected chi connectivity index (χ0v) is 12.1. The molecule has 3 rings (SSSR count). The van der Waals surface area contributed by atoms with Crippen LogP contribution in [0.3, 0.4) is 0 Å². The van der Waals surface area contributed by atoms with Crippen LogP contribution in [0.4, 0.5) is 10.1 Å². The van der Waals surface area contributed by atoms with Crippen molar-refractivity contribution >= 4 is 23.2 Å². The van der Waals surface area contributed by atoms with Crippen LogP contribution in [0.25, 0.3) is 11.3 Å². The first-order valence-electron chi connectivity index (χ1n) is 6.54. The second-order valence-electron chi connectivity index (χ2n) is 4.63. The Morgan fingerprint density at radius 2 is 1.64 bits per heavy atom. The predicted octanol–water partition coefficient (Wildman–Crippen LogP) is 4.99. The van der Waals surface area contributed by atoms with E-state index >= 15 is 0 Å². The van der Waals surface area contributed by atoms with E-state index in [-0.39, 0.29) is 17.5 Å². The number of amides is 1. The lowest BCUT2D eigenvalue weighted by atomic mass is 10.2. The molecule has 0 radical (unpaired) electrons. The number of benzene rings is 2. The molecule has 0 saturated carbocycles. The molecule has 3 aromatic rings. The Morgan fingerprint density at radius 1 is 0.955 bits per heavy atom. The molecule has 0 unspecified atom stereocenters. The minimum atomic E-state index is -0.365. The van der Waals surface area contributed by atoms with E-state index in [1.54, 1.807) is 48.5 Å². The third-order valence-corrected chi connectivity index (χ3v) is 3.31. The van der Waals surface area contributed by atoms with Gasteiger partial charge in [-0.05, 0) is 60.7 Å². The zero-order chi connectivity index (χ0) is 15.5. The topological polar surface area (TPSA) is 42.2 Å². The van der Waals surface area contributed by atoms with Gasteiger partial charge in [0, 0.05) is 16.3 Å². The molecule has 0 spiro atoms. The average Bonchev–Trinajstić information content (AvgIpc) is 3.00. The van der Waals surface area contributed by atoms with E-state index in [0.29, 0.717) is 22.0 Å². The zero-order valence-electron chi connectivity index (χ0n) is 11.3. The van der Waals surface area contributed by atoms with Crippen molar-refractivity contribution in [2.24, 2.45) is 0 Å². The average molecular weight is 316 g/mol. The van der Waals surface area contributed by atoms with E-state index < -0.39 is 0 Å². The fourth-order valence-electron chi connectivity index (χ4n) is 1.96. The normalized spacial score (nSPS) is 10.5. The van der Waals surface area contributed by atoms with Crippen molar-refractivity contribution in [1.82, 2.24) is 0 Å². The van der Waals surface area contributed by atoms with E-state index in [2.05, 4.69) is 5.32 Å². The maximum Gasteiger partial charge on any atom is 0.291 e. The summed E-state index contributed by atoms with van der Waals surface area (Å²) >= 11 is 5.79. The summed E-state index contributed by atoms with van der Waals surface area (Å²) in [5.74, 6) is -0.0118. The number of carbonyl (C=O) groups excluding carboxylic acids is 1. The highest BCUT2D eigenvalue weighted by atomic mass is 35.5. The van der Waals surface area contributed by atoms with Gasteiger partial charge in [-0.2, -0.15) is 0 Å². The SMILES string of the molecule is O=C(Nc1ccc(Cl)cc1)c1ccc(-c2ccc(F)cc2)o1. The minimum absolute atomic E-state index is 0.175. The molecule has 1 N–H and O–H groups in total. The number of hydrogen-bond acceptors (Lipinski definition) is 2. The van der Waals surface area contributed by atoms with E-state index in [4.69, 9.17) is 16.0 Å². The van der Waals surface area contributed by atoms with Crippen molar-refractivity contribution in [2.45, 2.75) is 0 Å². The van der Waals surface area contributed by atoms with E-state index in [9.17, 15) is 9.18 Å². The van der Waals surface area contributed by atoms with Gasteiger partial charge in [0.05, 0.1) is 0 Å². The molecule has 5 heteroatoms. The van der Waals surface area contributed by atoms with E-state index in [1.807, 2.05) is 0 Å². The Morgan fingerprint density at radius 3 is 2.32 bits per heavy atom. The summed E-state index contributed by atoms with van der Waals surface area (Å²) in [6.07, 6.45) is 0. The fraction of sp³-hybridized carbons (Fsp3) is 0. The number of carbonyl (C=O) groups is 1. The third kappa shape index (κ3) is 3.18. The van der Waals surface area contributed by atoms with Crippen LogP contribution in [0, 0.1) is 5.82 Å². The summed E-state index contributed by atoms with van der Waals surface area (Å²) in [5.41, 5.74) is 1.32. The van der Waals surface area contributed by atoms with Gasteiger partial charge in [0.15, 0.2) is 5.76 Å². The van der Waals surface area contributed by atoms with Crippen molar-refractivity contribution in [3.8, 4) is 11.3 Å². The van der Waals surface area contributed by atoms with Crippen LogP contribution in [0.1, 0.15) is 10.6 Å². The molecular weight excluding hydrogens is 305 g/mol. The minimum Gasteiger partial charge on any atom is -0.451 e. The van der Waals surface area contributed by atoms with Gasteiger partial charge < -0.3 is 9.73 Å². The molecule has 22 heavy (non-hydrogen) atoms. The maximum atomic E-state index is 12.9. The highest BCUT2D eigenvalue weighted by Gasteiger charge is 2.12. The van der Waals surface area contributed by atoms with Crippen LogP contribution in [-0.2, 0) is 0 Å². The first-order chi connectivity index (χ1) is 10.6. The number of anilines is 1. The number of furan rings is 1. The van der Waals surface area contributed by atoms with Crippen molar-refractivity contribution in [3.05, 3.63) is 77.3 Å². The number of halogens is 2. The van der Waals surface area contributed by atoms with E-state index in [1.165, 1.54) is 12.1 Å². The first kappa shape index (κ1) is 14.4. The number of rotatable bonds is 3. The Bertz CT molecular complexity index is 794. The van der Waals surface area contributed by atoms with Crippen molar-refractivity contribution in [2.75, 3.05) is 5.32 Å². The summed E-state index contributed by atoms with van der Waals surface area (Å²) in [7, 11) is 0. The quantitative estimate of drug-likeness (QED) is 0.739. The molecule has 1 aromatic heterocycles. The molecule has 0 aliphatic heterocycles. The predicted molar refractivity (Wildman–Crippen MR) is 83.5 cm³/mol. The Kier molecular flexibility index (Phi) is 3.94. The van der Waals surface area contributed by atoms with Crippen molar-refractivity contribution < 1.29 is 13.6 Å². The van der Waals surface area contributed by atoms with Crippen molar-refractivity contribution in [1.29, 1.82) is 0 Å². The Balaban J connectivity index is 1.76. The highest BCUT2D eigenvalue weighted by molar-refractivity contribution is 6.30. The summed E-state index contributed by atoms with van der Waals surface area (Å²) < 4.78 is 18.4. The smallest absolute Gasteiger partial charge is 0.291 e. The van der Waals surface area contributed by atoms with Crippen LogP contribution in [0.5, 0.6) is 0 Å². The van der Waals surface area contributed by atoms with Gasteiger partial charge in [-0.1, -0.05) is 11.6 Å². The molecular formula is C17H11ClFNO2. The number of nitrogens with one attached hydrogen (secondary N) is 1. The Hall–Kier alpha value is -2.59. The second kappa shape index (κ2) is 6.03. The number of hydrogen-bond donors (Lipinski definition) is 1. The molecule has 0 fully saturated rings. The lowest BCUT2D eigenvalue weighted by Crippen LogP contribution is -2.10. The Labute approximate surface area is 131 Å². The molecule has 0 aliphatic carbocycles. The first-order valence-corrected chi connectivity index (χ1v) is 6.92. The molecule has 0 atom stereocenters. The van der Waals surface area contributed by atoms with Gasteiger partial charge in [-0.3, -0.25) is 4.79 Å². The molecule has 1 heterocycles. The lowest BCUT2D eigenvalue weighted by Gasteiger charge is -2.03. The van der Waals surface area contributed by atoms with Gasteiger partial charge in [0.2, 0.25) is 0 Å². The van der Waals surface area contributed by atoms with E-state index in [0.717, 1.165) is 0 Å². The van der Waals surface area contributed by atoms with Crippen LogP contribution in [0.15, 0.2) is 65.1 Å². The molecule has 3 nitrogen and oxygen atoms in total. The van der Waals surface area contributed by atoms with Gasteiger partial charge >= 0.3 is 0 Å².